The minimum Gasteiger partial charge on any atom is -0.507 e. The van der Waals surface area contributed by atoms with Crippen molar-refractivity contribution in [1.29, 1.82) is 0 Å². The molecule has 0 saturated carbocycles. The SMILES string of the molecule is O=C(/C=C/c1cccs1)c1cc(F)ccc1O. The lowest BCUT2D eigenvalue weighted by Crippen LogP contribution is -1.95. The van der Waals surface area contributed by atoms with Crippen LogP contribution < -0.4 is 0 Å². The Balaban J connectivity index is 2.23. The Morgan fingerprint density at radius 2 is 2.18 bits per heavy atom. The minimum atomic E-state index is -0.546. The first-order valence-electron chi connectivity index (χ1n) is 4.91. The quantitative estimate of drug-likeness (QED) is 0.667. The summed E-state index contributed by atoms with van der Waals surface area (Å²) in [7, 11) is 0. The number of ketones is 1. The molecule has 0 bridgehead atoms. The average Bonchev–Trinajstić information content (AvgIpc) is 2.82. The van der Waals surface area contributed by atoms with E-state index >= 15 is 0 Å². The fourth-order valence-corrected chi connectivity index (χ4v) is 1.96. The van der Waals surface area contributed by atoms with Crippen LogP contribution in [0.15, 0.2) is 41.8 Å². The number of rotatable bonds is 3. The zero-order valence-electron chi connectivity index (χ0n) is 8.76. The maximum Gasteiger partial charge on any atom is 0.189 e. The second-order valence-electron chi connectivity index (χ2n) is 3.37. The molecule has 17 heavy (non-hydrogen) atoms. The Bertz CT molecular complexity index is 559. The fourth-order valence-electron chi connectivity index (χ4n) is 1.34. The molecule has 0 amide bonds. The number of phenols is 1. The Labute approximate surface area is 102 Å². The number of hydrogen-bond acceptors (Lipinski definition) is 3. The third kappa shape index (κ3) is 2.79. The van der Waals surface area contributed by atoms with Crippen LogP contribution in [0.3, 0.4) is 0 Å². The van der Waals surface area contributed by atoms with E-state index in [1.54, 1.807) is 6.08 Å². The summed E-state index contributed by atoms with van der Waals surface area (Å²) < 4.78 is 12.9. The van der Waals surface area contributed by atoms with Crippen LogP contribution in [-0.4, -0.2) is 10.9 Å². The van der Waals surface area contributed by atoms with Crippen molar-refractivity contribution in [1.82, 2.24) is 0 Å². The number of benzene rings is 1. The Morgan fingerprint density at radius 3 is 2.88 bits per heavy atom. The molecule has 0 atom stereocenters. The second-order valence-corrected chi connectivity index (χ2v) is 4.35. The summed E-state index contributed by atoms with van der Waals surface area (Å²) in [6.07, 6.45) is 2.96. The van der Waals surface area contributed by atoms with Crippen LogP contribution in [0, 0.1) is 5.82 Å². The molecule has 0 unspecified atom stereocenters. The van der Waals surface area contributed by atoms with E-state index in [0.29, 0.717) is 0 Å². The molecule has 0 aliphatic carbocycles. The summed E-state index contributed by atoms with van der Waals surface area (Å²) >= 11 is 1.49. The third-order valence-electron chi connectivity index (χ3n) is 2.17. The topological polar surface area (TPSA) is 37.3 Å². The third-order valence-corrected chi connectivity index (χ3v) is 3.00. The molecule has 0 aliphatic rings. The number of aromatic hydroxyl groups is 1. The van der Waals surface area contributed by atoms with Gasteiger partial charge in [-0.25, -0.2) is 4.39 Å². The predicted molar refractivity (Wildman–Crippen MR) is 65.7 cm³/mol. The van der Waals surface area contributed by atoms with Gasteiger partial charge in [0.25, 0.3) is 0 Å². The molecule has 0 aliphatic heterocycles. The lowest BCUT2D eigenvalue weighted by molar-refractivity contribution is 0.104. The number of thiophene rings is 1. The van der Waals surface area contributed by atoms with Gasteiger partial charge in [0.05, 0.1) is 5.56 Å². The number of carbonyl (C=O) groups excluding carboxylic acids is 1. The zero-order valence-corrected chi connectivity index (χ0v) is 9.58. The lowest BCUT2D eigenvalue weighted by atomic mass is 10.1. The highest BCUT2D eigenvalue weighted by Gasteiger charge is 2.09. The molecule has 1 aromatic heterocycles. The highest BCUT2D eigenvalue weighted by molar-refractivity contribution is 7.10. The Hall–Kier alpha value is -1.94. The van der Waals surface area contributed by atoms with Crippen molar-refractivity contribution in [3.05, 3.63) is 58.0 Å². The van der Waals surface area contributed by atoms with E-state index in [2.05, 4.69) is 0 Å². The Morgan fingerprint density at radius 1 is 1.35 bits per heavy atom. The molecule has 2 aromatic rings. The van der Waals surface area contributed by atoms with Crippen LogP contribution in [0.4, 0.5) is 4.39 Å². The van der Waals surface area contributed by atoms with Gasteiger partial charge in [0.2, 0.25) is 0 Å². The zero-order chi connectivity index (χ0) is 12.3. The average molecular weight is 248 g/mol. The first-order valence-corrected chi connectivity index (χ1v) is 5.79. The maximum absolute atomic E-state index is 12.9. The van der Waals surface area contributed by atoms with Gasteiger partial charge in [-0.1, -0.05) is 6.07 Å². The van der Waals surface area contributed by atoms with Crippen molar-refractivity contribution < 1.29 is 14.3 Å². The number of phenolic OH excluding ortho intramolecular Hbond substituents is 1. The van der Waals surface area contributed by atoms with Crippen LogP contribution in [0.5, 0.6) is 5.75 Å². The molecule has 0 saturated heterocycles. The predicted octanol–water partition coefficient (Wildman–Crippen LogP) is 3.49. The van der Waals surface area contributed by atoms with Crippen molar-refractivity contribution in [3.63, 3.8) is 0 Å². The normalized spacial score (nSPS) is 10.9. The number of allylic oxidation sites excluding steroid dienone is 1. The van der Waals surface area contributed by atoms with Gasteiger partial charge in [0.15, 0.2) is 5.78 Å². The summed E-state index contributed by atoms with van der Waals surface area (Å²) in [5.74, 6) is -1.18. The van der Waals surface area contributed by atoms with Crippen LogP contribution >= 0.6 is 11.3 Å². The van der Waals surface area contributed by atoms with Gasteiger partial charge in [-0.05, 0) is 41.8 Å². The van der Waals surface area contributed by atoms with E-state index < -0.39 is 11.6 Å². The van der Waals surface area contributed by atoms with E-state index in [4.69, 9.17) is 0 Å². The van der Waals surface area contributed by atoms with Crippen molar-refractivity contribution in [2.75, 3.05) is 0 Å². The molecule has 1 heterocycles. The van der Waals surface area contributed by atoms with Gasteiger partial charge in [0, 0.05) is 4.88 Å². The molecule has 4 heteroatoms. The summed E-state index contributed by atoms with van der Waals surface area (Å²) in [6, 6.07) is 7.03. The molecular weight excluding hydrogens is 239 g/mol. The summed E-state index contributed by atoms with van der Waals surface area (Å²) in [5, 5.41) is 11.3. The molecular formula is C13H9FO2S. The number of halogens is 1. The van der Waals surface area contributed by atoms with Gasteiger partial charge < -0.3 is 5.11 Å². The van der Waals surface area contributed by atoms with Crippen LogP contribution in [-0.2, 0) is 0 Å². The molecule has 0 spiro atoms. The largest absolute Gasteiger partial charge is 0.507 e. The van der Waals surface area contributed by atoms with Crippen LogP contribution in [0.2, 0.25) is 0 Å². The van der Waals surface area contributed by atoms with E-state index in [-0.39, 0.29) is 11.3 Å². The van der Waals surface area contributed by atoms with Crippen LogP contribution in [0.25, 0.3) is 6.08 Å². The smallest absolute Gasteiger partial charge is 0.189 e. The molecule has 1 aromatic carbocycles. The van der Waals surface area contributed by atoms with Gasteiger partial charge >= 0.3 is 0 Å². The Kier molecular flexibility index (Phi) is 3.35. The molecule has 86 valence electrons. The fraction of sp³-hybridized carbons (Fsp3) is 0. The maximum atomic E-state index is 12.9. The molecule has 0 fully saturated rings. The van der Waals surface area contributed by atoms with Gasteiger partial charge in [-0.2, -0.15) is 0 Å². The monoisotopic (exact) mass is 248 g/mol. The highest BCUT2D eigenvalue weighted by Crippen LogP contribution is 2.19. The van der Waals surface area contributed by atoms with Crippen LogP contribution in [0.1, 0.15) is 15.2 Å². The van der Waals surface area contributed by atoms with E-state index in [1.807, 2.05) is 17.5 Å². The number of carbonyl (C=O) groups is 1. The van der Waals surface area contributed by atoms with E-state index in [1.165, 1.54) is 23.5 Å². The first-order chi connectivity index (χ1) is 8.16. The molecule has 1 N–H and O–H groups in total. The van der Waals surface area contributed by atoms with Crippen molar-refractivity contribution in [2.24, 2.45) is 0 Å². The number of hydrogen-bond donors (Lipinski definition) is 1. The standard InChI is InChI=1S/C13H9FO2S/c14-9-3-5-12(15)11(8-9)13(16)6-4-10-2-1-7-17-10/h1-8,15H/b6-4+. The van der Waals surface area contributed by atoms with Crippen molar-refractivity contribution in [3.8, 4) is 5.75 Å². The van der Waals surface area contributed by atoms with Crippen molar-refractivity contribution >= 4 is 23.2 Å². The first kappa shape index (κ1) is 11.5. The molecule has 2 rings (SSSR count). The minimum absolute atomic E-state index is 0.0298. The summed E-state index contributed by atoms with van der Waals surface area (Å²) in [4.78, 5) is 12.6. The van der Waals surface area contributed by atoms with Crippen molar-refractivity contribution in [2.45, 2.75) is 0 Å². The van der Waals surface area contributed by atoms with Gasteiger partial charge in [-0.15, -0.1) is 11.3 Å². The summed E-state index contributed by atoms with van der Waals surface area (Å²) in [5.41, 5.74) is -0.0298. The van der Waals surface area contributed by atoms with Gasteiger partial charge in [0.1, 0.15) is 11.6 Å². The molecule has 2 nitrogen and oxygen atoms in total. The van der Waals surface area contributed by atoms with E-state index in [9.17, 15) is 14.3 Å². The van der Waals surface area contributed by atoms with E-state index in [0.717, 1.165) is 17.0 Å². The van der Waals surface area contributed by atoms with Gasteiger partial charge in [-0.3, -0.25) is 4.79 Å². The second kappa shape index (κ2) is 4.93. The summed E-state index contributed by atoms with van der Waals surface area (Å²) in [6.45, 7) is 0. The molecule has 0 radical (unpaired) electrons. The highest BCUT2D eigenvalue weighted by atomic mass is 32.1. The lowest BCUT2D eigenvalue weighted by Gasteiger charge is -1.99.